The lowest BCUT2D eigenvalue weighted by Gasteiger charge is -2.23. The van der Waals surface area contributed by atoms with Crippen LogP contribution in [0.25, 0.3) is 0 Å². The molecule has 0 saturated carbocycles. The Morgan fingerprint density at radius 2 is 2.00 bits per heavy atom. The summed E-state index contributed by atoms with van der Waals surface area (Å²) in [6.45, 7) is 0.695. The number of nitrogens with zero attached hydrogens (tertiary/aromatic N) is 1. The van der Waals surface area contributed by atoms with Gasteiger partial charge in [-0.3, -0.25) is 4.90 Å². The summed E-state index contributed by atoms with van der Waals surface area (Å²) in [4.78, 5) is 1.90. The monoisotopic (exact) mass is 321 g/mol. The van der Waals surface area contributed by atoms with Gasteiger partial charge in [0, 0.05) is 18.3 Å². The molecule has 7 heteroatoms. The molecule has 1 unspecified atom stereocenters. The van der Waals surface area contributed by atoms with E-state index in [1.807, 2.05) is 18.8 Å². The molecule has 1 fully saturated rings. The van der Waals surface area contributed by atoms with Crippen LogP contribution in [0, 0.1) is 0 Å². The van der Waals surface area contributed by atoms with Crippen LogP contribution in [0.5, 0.6) is 0 Å². The normalized spacial score (nSPS) is 19.9. The van der Waals surface area contributed by atoms with Crippen molar-refractivity contribution in [1.29, 1.82) is 0 Å². The molecule has 1 aliphatic heterocycles. The van der Waals surface area contributed by atoms with Crippen molar-refractivity contribution in [2.24, 2.45) is 0 Å². The van der Waals surface area contributed by atoms with Crippen molar-refractivity contribution in [1.82, 2.24) is 4.90 Å². The number of halogens is 2. The van der Waals surface area contributed by atoms with Crippen molar-refractivity contribution in [2.75, 3.05) is 18.6 Å². The molecule has 1 aliphatic rings. The third-order valence-corrected chi connectivity index (χ3v) is 5.99. The van der Waals surface area contributed by atoms with Crippen molar-refractivity contribution < 1.29 is 17.2 Å². The van der Waals surface area contributed by atoms with Gasteiger partial charge in [-0.15, -0.1) is 0 Å². The Morgan fingerprint density at radius 3 is 2.50 bits per heavy atom. The minimum Gasteiger partial charge on any atom is -0.298 e. The zero-order valence-electron chi connectivity index (χ0n) is 11.1. The fraction of sp³-hybridized carbons (Fsp3) is 0.538. The average Bonchev–Trinajstić information content (AvgIpc) is 2.93. The van der Waals surface area contributed by atoms with E-state index < -0.39 is 15.6 Å². The summed E-state index contributed by atoms with van der Waals surface area (Å²) >= 11 is 1.93. The van der Waals surface area contributed by atoms with Crippen LogP contribution in [0.1, 0.15) is 12.0 Å². The Labute approximate surface area is 122 Å². The zero-order chi connectivity index (χ0) is 14.8. The van der Waals surface area contributed by atoms with E-state index in [0.29, 0.717) is 12.6 Å². The number of hydrogen-bond acceptors (Lipinski definition) is 4. The first-order valence-electron chi connectivity index (χ1n) is 6.30. The number of alkyl halides is 2. The molecule has 1 saturated heterocycles. The summed E-state index contributed by atoms with van der Waals surface area (Å²) in [5.41, 5.74) is 0.928. The van der Waals surface area contributed by atoms with Gasteiger partial charge in [0.1, 0.15) is 0 Å². The molecule has 0 bridgehead atoms. The maximum Gasteiger partial charge on any atom is 0.341 e. The van der Waals surface area contributed by atoms with E-state index >= 15 is 0 Å². The van der Waals surface area contributed by atoms with Crippen LogP contribution in [0.3, 0.4) is 0 Å². The van der Waals surface area contributed by atoms with Gasteiger partial charge in [0.25, 0.3) is 0 Å². The number of rotatable bonds is 5. The Morgan fingerprint density at radius 1 is 1.35 bits per heavy atom. The summed E-state index contributed by atoms with van der Waals surface area (Å²) in [6, 6.07) is 6.26. The van der Waals surface area contributed by atoms with Crippen molar-refractivity contribution in [3.05, 3.63) is 29.8 Å². The summed E-state index contributed by atoms with van der Waals surface area (Å²) < 4.78 is 47.5. The molecule has 0 aromatic heterocycles. The molecular weight excluding hydrogens is 304 g/mol. The summed E-state index contributed by atoms with van der Waals surface area (Å²) in [7, 11) is -2.46. The second-order valence-corrected chi connectivity index (χ2v) is 7.95. The molecule has 3 nitrogen and oxygen atoms in total. The highest BCUT2D eigenvalue weighted by Gasteiger charge is 2.26. The molecule has 112 valence electrons. The van der Waals surface area contributed by atoms with Gasteiger partial charge in [-0.2, -0.15) is 20.5 Å². The lowest BCUT2D eigenvalue weighted by molar-refractivity contribution is 0.234. The maximum atomic E-state index is 12.4. The third-order valence-electron chi connectivity index (χ3n) is 3.45. The molecule has 1 aromatic carbocycles. The van der Waals surface area contributed by atoms with Gasteiger partial charge in [-0.05, 0) is 36.9 Å². The number of benzene rings is 1. The zero-order valence-corrected chi connectivity index (χ0v) is 12.8. The van der Waals surface area contributed by atoms with Crippen molar-refractivity contribution in [3.63, 3.8) is 0 Å². The number of thioether (sulfide) groups is 1. The standard InChI is InChI=1S/C13H17F2NO2S2/c1-16(11-6-7-19-9-11)8-10-2-4-12(5-3-10)20(17,18)13(14)15/h2-5,11,13H,6-9H2,1H3. The Kier molecular flexibility index (Phi) is 5.04. The van der Waals surface area contributed by atoms with Gasteiger partial charge < -0.3 is 0 Å². The van der Waals surface area contributed by atoms with Crippen LogP contribution in [0.4, 0.5) is 8.78 Å². The van der Waals surface area contributed by atoms with Gasteiger partial charge >= 0.3 is 5.76 Å². The fourth-order valence-electron chi connectivity index (χ4n) is 2.17. The van der Waals surface area contributed by atoms with E-state index in [9.17, 15) is 17.2 Å². The summed E-state index contributed by atoms with van der Waals surface area (Å²) in [5.74, 6) is -1.10. The van der Waals surface area contributed by atoms with Crippen LogP contribution in [0.15, 0.2) is 29.2 Å². The quantitative estimate of drug-likeness (QED) is 0.835. The van der Waals surface area contributed by atoms with E-state index in [1.54, 1.807) is 12.1 Å². The highest BCUT2D eigenvalue weighted by molar-refractivity contribution is 7.99. The second-order valence-electron chi connectivity index (χ2n) is 4.88. The van der Waals surface area contributed by atoms with E-state index in [-0.39, 0.29) is 4.90 Å². The molecule has 0 aliphatic carbocycles. The fourth-order valence-corrected chi connectivity index (χ4v) is 4.19. The lowest BCUT2D eigenvalue weighted by atomic mass is 10.1. The second kappa shape index (κ2) is 6.41. The van der Waals surface area contributed by atoms with Gasteiger partial charge in [-0.25, -0.2) is 8.42 Å². The van der Waals surface area contributed by atoms with Gasteiger partial charge in [-0.1, -0.05) is 12.1 Å². The topological polar surface area (TPSA) is 37.4 Å². The van der Waals surface area contributed by atoms with E-state index in [1.165, 1.54) is 17.9 Å². The largest absolute Gasteiger partial charge is 0.341 e. The first-order valence-corrected chi connectivity index (χ1v) is 9.00. The van der Waals surface area contributed by atoms with Gasteiger partial charge in [0.05, 0.1) is 4.90 Å². The molecule has 1 aromatic rings. The average molecular weight is 321 g/mol. The molecule has 2 rings (SSSR count). The van der Waals surface area contributed by atoms with Crippen LogP contribution in [-0.4, -0.2) is 43.7 Å². The first-order chi connectivity index (χ1) is 9.41. The van der Waals surface area contributed by atoms with E-state index in [4.69, 9.17) is 0 Å². The molecule has 0 amide bonds. The highest BCUT2D eigenvalue weighted by Crippen LogP contribution is 2.23. The molecule has 0 spiro atoms. The van der Waals surface area contributed by atoms with E-state index in [0.717, 1.165) is 17.7 Å². The minimum absolute atomic E-state index is 0.324. The molecular formula is C13H17F2NO2S2. The summed E-state index contributed by atoms with van der Waals surface area (Å²) in [6.07, 6.45) is 1.15. The van der Waals surface area contributed by atoms with Gasteiger partial charge in [0.15, 0.2) is 0 Å². The smallest absolute Gasteiger partial charge is 0.298 e. The molecule has 1 heterocycles. The van der Waals surface area contributed by atoms with Crippen molar-refractivity contribution in [3.8, 4) is 0 Å². The predicted octanol–water partition coefficient (Wildman–Crippen LogP) is 2.62. The predicted molar refractivity (Wildman–Crippen MR) is 76.8 cm³/mol. The number of sulfone groups is 1. The van der Waals surface area contributed by atoms with Crippen LogP contribution in [0.2, 0.25) is 0 Å². The van der Waals surface area contributed by atoms with Crippen LogP contribution >= 0.6 is 11.8 Å². The molecule has 20 heavy (non-hydrogen) atoms. The highest BCUT2D eigenvalue weighted by atomic mass is 32.2. The van der Waals surface area contributed by atoms with Crippen LogP contribution < -0.4 is 0 Å². The lowest BCUT2D eigenvalue weighted by Crippen LogP contribution is -2.30. The first kappa shape index (κ1) is 15.7. The summed E-state index contributed by atoms with van der Waals surface area (Å²) in [5, 5.41) is 0. The number of hydrogen-bond donors (Lipinski definition) is 0. The van der Waals surface area contributed by atoms with Crippen molar-refractivity contribution in [2.45, 2.75) is 29.7 Å². The Bertz CT molecular complexity index is 540. The van der Waals surface area contributed by atoms with Crippen molar-refractivity contribution >= 4 is 21.6 Å². The minimum atomic E-state index is -4.49. The van der Waals surface area contributed by atoms with Gasteiger partial charge in [0.2, 0.25) is 9.84 Å². The molecule has 0 N–H and O–H groups in total. The Hall–Kier alpha value is -0.660. The third kappa shape index (κ3) is 3.51. The SMILES string of the molecule is CN(Cc1ccc(S(=O)(=O)C(F)F)cc1)C1CCSC1. The van der Waals surface area contributed by atoms with Crippen LogP contribution in [-0.2, 0) is 16.4 Å². The maximum absolute atomic E-state index is 12.4. The Balaban J connectivity index is 2.05. The van der Waals surface area contributed by atoms with E-state index in [2.05, 4.69) is 4.90 Å². The molecule has 1 atom stereocenters. The molecule has 0 radical (unpaired) electrons.